The van der Waals surface area contributed by atoms with Crippen molar-refractivity contribution < 1.29 is 4.79 Å². The highest BCUT2D eigenvalue weighted by Gasteiger charge is 2.21. The normalized spacial score (nSPS) is 37.6. The minimum Gasteiger partial charge on any atom is -0.306 e. The van der Waals surface area contributed by atoms with Crippen molar-refractivity contribution in [3.63, 3.8) is 0 Å². The van der Waals surface area contributed by atoms with Crippen LogP contribution in [0.1, 0.15) is 6.42 Å². The Hall–Kier alpha value is -0.0800. The first-order valence-electron chi connectivity index (χ1n) is 2.58. The molecule has 0 aromatic heterocycles. The van der Waals surface area contributed by atoms with E-state index in [2.05, 4.69) is 5.32 Å². The van der Waals surface area contributed by atoms with Gasteiger partial charge in [0, 0.05) is 11.9 Å². The summed E-state index contributed by atoms with van der Waals surface area (Å²) in [5.74, 6) is 0. The Kier molecular flexibility index (Phi) is 1.86. The van der Waals surface area contributed by atoms with Crippen molar-refractivity contribution >= 4 is 17.9 Å². The van der Waals surface area contributed by atoms with Gasteiger partial charge in [0.2, 0.25) is 6.29 Å². The third kappa shape index (κ3) is 1.20. The fourth-order valence-electron chi connectivity index (χ4n) is 0.782. The van der Waals surface area contributed by atoms with Crippen LogP contribution in [0, 0.1) is 0 Å². The molecule has 0 aromatic carbocycles. The lowest BCUT2D eigenvalue weighted by atomic mass is 10.2. The first-order valence-corrected chi connectivity index (χ1v) is 3.01. The molecule has 2 nitrogen and oxygen atoms in total. The van der Waals surface area contributed by atoms with Gasteiger partial charge >= 0.3 is 0 Å². The van der Waals surface area contributed by atoms with Gasteiger partial charge in [-0.15, -0.1) is 11.6 Å². The molecule has 3 heteroatoms. The molecule has 1 aliphatic rings. The summed E-state index contributed by atoms with van der Waals surface area (Å²) in [6, 6.07) is -0.113. The maximum Gasteiger partial charge on any atom is 0.216 e. The summed E-state index contributed by atoms with van der Waals surface area (Å²) in [6.45, 7) is 0.738. The van der Waals surface area contributed by atoms with Crippen molar-refractivity contribution in [2.24, 2.45) is 0 Å². The van der Waals surface area contributed by atoms with Crippen LogP contribution >= 0.6 is 11.6 Å². The van der Waals surface area contributed by atoms with Gasteiger partial charge in [-0.3, -0.25) is 4.79 Å². The van der Waals surface area contributed by atoms with E-state index in [9.17, 15) is 4.79 Å². The van der Waals surface area contributed by atoms with Crippen LogP contribution in [0.2, 0.25) is 0 Å². The number of rotatable bonds is 1. The van der Waals surface area contributed by atoms with Gasteiger partial charge in [0.15, 0.2) is 0 Å². The van der Waals surface area contributed by atoms with Gasteiger partial charge in [0.05, 0.1) is 6.04 Å². The van der Waals surface area contributed by atoms with E-state index in [1.165, 1.54) is 0 Å². The molecule has 0 amide bonds. The molecule has 45 valence electrons. The summed E-state index contributed by atoms with van der Waals surface area (Å²) >= 11 is 5.64. The maximum atomic E-state index is 9.91. The maximum absolute atomic E-state index is 9.91. The third-order valence-corrected chi connectivity index (χ3v) is 1.55. The van der Waals surface area contributed by atoms with E-state index < -0.39 is 0 Å². The average molecular weight is 133 g/mol. The van der Waals surface area contributed by atoms with E-state index in [1.54, 1.807) is 0 Å². The van der Waals surface area contributed by atoms with Crippen LogP contribution in [0.3, 0.4) is 0 Å². The number of nitrogens with one attached hydrogen (secondary N) is 1. The number of halogens is 1. The van der Waals surface area contributed by atoms with E-state index in [4.69, 9.17) is 11.6 Å². The SMILES string of the molecule is O=[C][C@@H]1CC(Cl)CN1. The molecule has 0 bridgehead atoms. The second kappa shape index (κ2) is 2.46. The summed E-state index contributed by atoms with van der Waals surface area (Å²) in [4.78, 5) is 9.91. The standard InChI is InChI=1S/C5H7ClNO/c6-4-1-5(3-8)7-2-4/h4-5,7H,1-2H2/t4?,5-/m0/s1. The molecule has 0 aromatic rings. The summed E-state index contributed by atoms with van der Waals surface area (Å²) in [6.07, 6.45) is 2.58. The number of hydrogen-bond donors (Lipinski definition) is 1. The van der Waals surface area contributed by atoms with Gasteiger partial charge in [-0.25, -0.2) is 0 Å². The Bertz CT molecular complexity index is 96.4. The first kappa shape index (κ1) is 6.05. The molecule has 0 saturated carbocycles. The van der Waals surface area contributed by atoms with E-state index in [1.807, 2.05) is 6.29 Å². The van der Waals surface area contributed by atoms with Crippen molar-refractivity contribution in [3.05, 3.63) is 0 Å². The lowest BCUT2D eigenvalue weighted by Gasteiger charge is -1.92. The van der Waals surface area contributed by atoms with Crippen molar-refractivity contribution in [3.8, 4) is 0 Å². The molecule has 1 aliphatic heterocycles. The molecule has 1 fully saturated rings. The van der Waals surface area contributed by atoms with Crippen LogP contribution in [0.4, 0.5) is 0 Å². The van der Waals surface area contributed by atoms with Crippen LogP contribution in [0.5, 0.6) is 0 Å². The second-order valence-electron chi connectivity index (χ2n) is 1.91. The van der Waals surface area contributed by atoms with Crippen molar-refractivity contribution in [2.75, 3.05) is 6.54 Å². The molecule has 2 atom stereocenters. The Balaban J connectivity index is 2.32. The molecule has 1 saturated heterocycles. The zero-order chi connectivity index (χ0) is 5.98. The molecule has 1 N–H and O–H groups in total. The molecular weight excluding hydrogens is 126 g/mol. The second-order valence-corrected chi connectivity index (χ2v) is 2.53. The molecule has 1 radical (unpaired) electrons. The summed E-state index contributed by atoms with van der Waals surface area (Å²) < 4.78 is 0. The van der Waals surface area contributed by atoms with Crippen LogP contribution in [0.25, 0.3) is 0 Å². The molecule has 1 rings (SSSR count). The lowest BCUT2D eigenvalue weighted by Crippen LogP contribution is -2.22. The Labute approximate surface area is 53.2 Å². The molecular formula is C5H7ClNO. The van der Waals surface area contributed by atoms with Gasteiger partial charge in [0.25, 0.3) is 0 Å². The minimum atomic E-state index is -0.113. The van der Waals surface area contributed by atoms with Crippen LogP contribution in [0.15, 0.2) is 0 Å². The third-order valence-electron chi connectivity index (χ3n) is 1.22. The molecule has 0 aliphatic carbocycles. The average Bonchev–Trinajstić information content (AvgIpc) is 2.14. The predicted molar refractivity (Wildman–Crippen MR) is 31.7 cm³/mol. The smallest absolute Gasteiger partial charge is 0.216 e. The summed E-state index contributed by atoms with van der Waals surface area (Å²) in [5.41, 5.74) is 0. The van der Waals surface area contributed by atoms with Crippen LogP contribution in [-0.4, -0.2) is 24.2 Å². The van der Waals surface area contributed by atoms with Crippen molar-refractivity contribution in [2.45, 2.75) is 17.8 Å². The van der Waals surface area contributed by atoms with E-state index in [0.717, 1.165) is 13.0 Å². The highest BCUT2D eigenvalue weighted by atomic mass is 35.5. The van der Waals surface area contributed by atoms with E-state index in [0.29, 0.717) is 0 Å². The van der Waals surface area contributed by atoms with Gasteiger partial charge in [-0.1, -0.05) is 0 Å². The molecule has 1 heterocycles. The van der Waals surface area contributed by atoms with Crippen molar-refractivity contribution in [1.29, 1.82) is 0 Å². The number of hydrogen-bond acceptors (Lipinski definition) is 2. The van der Waals surface area contributed by atoms with Crippen LogP contribution < -0.4 is 5.32 Å². The van der Waals surface area contributed by atoms with Gasteiger partial charge in [-0.2, -0.15) is 0 Å². The quantitative estimate of drug-likeness (QED) is 0.512. The molecule has 0 spiro atoms. The van der Waals surface area contributed by atoms with E-state index in [-0.39, 0.29) is 11.4 Å². The highest BCUT2D eigenvalue weighted by molar-refractivity contribution is 6.21. The minimum absolute atomic E-state index is 0.113. The van der Waals surface area contributed by atoms with Crippen molar-refractivity contribution in [1.82, 2.24) is 5.32 Å². The molecule has 1 unspecified atom stereocenters. The summed E-state index contributed by atoms with van der Waals surface area (Å²) in [5, 5.41) is 3.03. The Morgan fingerprint density at radius 3 is 2.75 bits per heavy atom. The topological polar surface area (TPSA) is 29.1 Å². The number of alkyl halides is 1. The highest BCUT2D eigenvalue weighted by Crippen LogP contribution is 2.09. The van der Waals surface area contributed by atoms with Crippen LogP contribution in [-0.2, 0) is 4.79 Å². The Morgan fingerprint density at radius 2 is 2.50 bits per heavy atom. The first-order chi connectivity index (χ1) is 3.83. The fraction of sp³-hybridized carbons (Fsp3) is 0.800. The van der Waals surface area contributed by atoms with Gasteiger partial charge in [-0.05, 0) is 6.42 Å². The van der Waals surface area contributed by atoms with Gasteiger partial charge < -0.3 is 5.32 Å². The zero-order valence-electron chi connectivity index (χ0n) is 4.36. The van der Waals surface area contributed by atoms with Gasteiger partial charge in [0.1, 0.15) is 0 Å². The van der Waals surface area contributed by atoms with E-state index >= 15 is 0 Å². The number of carbonyl (C=O) groups excluding carboxylic acids is 1. The molecule has 8 heavy (non-hydrogen) atoms. The monoisotopic (exact) mass is 132 g/mol. The largest absolute Gasteiger partial charge is 0.306 e. The predicted octanol–water partition coefficient (Wildman–Crippen LogP) is 0.0654. The lowest BCUT2D eigenvalue weighted by molar-refractivity contribution is 0.534. The zero-order valence-corrected chi connectivity index (χ0v) is 5.11. The Morgan fingerprint density at radius 1 is 1.75 bits per heavy atom. The summed E-state index contributed by atoms with van der Waals surface area (Å²) in [7, 11) is 0. The fourth-order valence-corrected chi connectivity index (χ4v) is 1.05.